The summed E-state index contributed by atoms with van der Waals surface area (Å²) in [6, 6.07) is 11.8. The number of hydrogen-bond donors (Lipinski definition) is 2. The number of primary amides is 1. The number of benzene rings is 2. The van der Waals surface area contributed by atoms with Crippen molar-refractivity contribution in [1.82, 2.24) is 0 Å². The van der Waals surface area contributed by atoms with Crippen LogP contribution in [-0.2, 0) is 21.1 Å². The number of aromatic hydroxyl groups is 1. The monoisotopic (exact) mass is 347 g/mol. The summed E-state index contributed by atoms with van der Waals surface area (Å²) in [6.07, 6.45) is -0.0937. The van der Waals surface area contributed by atoms with Gasteiger partial charge in [0.1, 0.15) is 11.5 Å². The van der Waals surface area contributed by atoms with E-state index in [4.69, 9.17) is 5.73 Å². The largest absolute Gasteiger partial charge is 0.508 e. The molecule has 0 atom stereocenters. The van der Waals surface area contributed by atoms with Crippen LogP contribution >= 0.6 is 0 Å². The molecular formula is C17H17NO5S. The van der Waals surface area contributed by atoms with Crippen molar-refractivity contribution >= 4 is 21.5 Å². The van der Waals surface area contributed by atoms with E-state index in [0.29, 0.717) is 5.56 Å². The summed E-state index contributed by atoms with van der Waals surface area (Å²) in [5.41, 5.74) is 5.80. The van der Waals surface area contributed by atoms with Crippen molar-refractivity contribution in [2.45, 2.75) is 17.7 Å². The van der Waals surface area contributed by atoms with Crippen LogP contribution in [0, 0.1) is 0 Å². The number of hydrogen-bond acceptors (Lipinski definition) is 5. The standard InChI is InChI=1S/C17H17NO5S/c18-17(21)15-3-1-2-4-16(15)24(22,23)10-9-14(20)11-12-5-7-13(19)8-6-12/h1-8,19H,9-11H2,(H2,18,21). The molecule has 0 aliphatic rings. The summed E-state index contributed by atoms with van der Waals surface area (Å²) >= 11 is 0. The summed E-state index contributed by atoms with van der Waals surface area (Å²) in [5, 5.41) is 9.20. The zero-order valence-corrected chi connectivity index (χ0v) is 13.6. The van der Waals surface area contributed by atoms with Crippen LogP contribution in [0.2, 0.25) is 0 Å². The van der Waals surface area contributed by atoms with E-state index in [9.17, 15) is 23.1 Å². The van der Waals surface area contributed by atoms with Crippen LogP contribution in [0.4, 0.5) is 0 Å². The predicted molar refractivity (Wildman–Crippen MR) is 88.4 cm³/mol. The highest BCUT2D eigenvalue weighted by molar-refractivity contribution is 7.91. The molecule has 0 heterocycles. The lowest BCUT2D eigenvalue weighted by atomic mass is 10.1. The summed E-state index contributed by atoms with van der Waals surface area (Å²) in [6.45, 7) is 0. The minimum Gasteiger partial charge on any atom is -0.508 e. The number of rotatable bonds is 7. The van der Waals surface area contributed by atoms with Crippen molar-refractivity contribution in [3.8, 4) is 5.75 Å². The van der Waals surface area contributed by atoms with Gasteiger partial charge in [0.25, 0.3) is 0 Å². The van der Waals surface area contributed by atoms with Crippen LogP contribution < -0.4 is 5.73 Å². The third-order valence-electron chi connectivity index (χ3n) is 3.47. The molecule has 0 saturated carbocycles. The van der Waals surface area contributed by atoms with Gasteiger partial charge < -0.3 is 10.8 Å². The fourth-order valence-electron chi connectivity index (χ4n) is 2.23. The second-order valence-electron chi connectivity index (χ2n) is 5.31. The van der Waals surface area contributed by atoms with Crippen LogP contribution in [0.3, 0.4) is 0 Å². The third-order valence-corrected chi connectivity index (χ3v) is 5.24. The Labute approximate surface area is 139 Å². The highest BCUT2D eigenvalue weighted by atomic mass is 32.2. The van der Waals surface area contributed by atoms with Crippen LogP contribution in [-0.4, -0.2) is 31.0 Å². The summed E-state index contributed by atoms with van der Waals surface area (Å²) in [7, 11) is -3.79. The lowest BCUT2D eigenvalue weighted by molar-refractivity contribution is -0.118. The van der Waals surface area contributed by atoms with Gasteiger partial charge in [-0.15, -0.1) is 0 Å². The van der Waals surface area contributed by atoms with Gasteiger partial charge in [0.05, 0.1) is 16.2 Å². The Balaban J connectivity index is 2.06. The van der Waals surface area contributed by atoms with Gasteiger partial charge >= 0.3 is 0 Å². The van der Waals surface area contributed by atoms with Gasteiger partial charge in [-0.25, -0.2) is 8.42 Å². The van der Waals surface area contributed by atoms with Crippen LogP contribution in [0.5, 0.6) is 5.75 Å². The first-order valence-corrected chi connectivity index (χ1v) is 8.86. The molecule has 0 bridgehead atoms. The molecule has 0 radical (unpaired) electrons. The molecule has 0 saturated heterocycles. The molecular weight excluding hydrogens is 330 g/mol. The lowest BCUT2D eigenvalue weighted by Crippen LogP contribution is -2.19. The lowest BCUT2D eigenvalue weighted by Gasteiger charge is -2.08. The topological polar surface area (TPSA) is 115 Å². The molecule has 0 fully saturated rings. The van der Waals surface area contributed by atoms with Crippen molar-refractivity contribution in [1.29, 1.82) is 0 Å². The maximum Gasteiger partial charge on any atom is 0.250 e. The van der Waals surface area contributed by atoms with Crippen LogP contribution in [0.15, 0.2) is 53.4 Å². The number of phenolic OH excluding ortho intramolecular Hbond substituents is 1. The first-order valence-electron chi connectivity index (χ1n) is 7.21. The summed E-state index contributed by atoms with van der Waals surface area (Å²) in [4.78, 5) is 23.2. The molecule has 2 rings (SSSR count). The number of carbonyl (C=O) groups excluding carboxylic acids is 2. The Hall–Kier alpha value is -2.67. The molecule has 7 heteroatoms. The summed E-state index contributed by atoms with van der Waals surface area (Å²) < 4.78 is 24.7. The number of amides is 1. The second kappa shape index (κ2) is 7.27. The second-order valence-corrected chi connectivity index (χ2v) is 7.39. The van der Waals surface area contributed by atoms with E-state index in [-0.39, 0.29) is 34.8 Å². The molecule has 0 aromatic heterocycles. The number of sulfone groups is 1. The number of Topliss-reactive ketones (excluding diaryl/α,β-unsaturated/α-hetero) is 1. The Morgan fingerprint density at radius 2 is 1.62 bits per heavy atom. The van der Waals surface area contributed by atoms with E-state index in [0.717, 1.165) is 0 Å². The van der Waals surface area contributed by atoms with Crippen LogP contribution in [0.25, 0.3) is 0 Å². The number of ketones is 1. The van der Waals surface area contributed by atoms with Crippen molar-refractivity contribution in [2.75, 3.05) is 5.75 Å². The van der Waals surface area contributed by atoms with Gasteiger partial charge in [0, 0.05) is 12.8 Å². The van der Waals surface area contributed by atoms with Crippen molar-refractivity contribution in [2.24, 2.45) is 5.73 Å². The minimum absolute atomic E-state index is 0.0767. The Kier molecular flexibility index (Phi) is 5.35. The molecule has 2 aromatic carbocycles. The van der Waals surface area contributed by atoms with E-state index in [1.165, 1.54) is 36.4 Å². The van der Waals surface area contributed by atoms with E-state index >= 15 is 0 Å². The van der Waals surface area contributed by atoms with Gasteiger partial charge in [-0.1, -0.05) is 24.3 Å². The Morgan fingerprint density at radius 1 is 1.00 bits per heavy atom. The fraction of sp³-hybridized carbons (Fsp3) is 0.176. The van der Waals surface area contributed by atoms with E-state index in [1.807, 2.05) is 0 Å². The van der Waals surface area contributed by atoms with Gasteiger partial charge in [-0.2, -0.15) is 0 Å². The molecule has 24 heavy (non-hydrogen) atoms. The smallest absolute Gasteiger partial charge is 0.250 e. The third kappa shape index (κ3) is 4.42. The van der Waals surface area contributed by atoms with Gasteiger partial charge in [-0.05, 0) is 29.8 Å². The molecule has 0 aliphatic carbocycles. The van der Waals surface area contributed by atoms with Crippen molar-refractivity contribution < 1.29 is 23.1 Å². The molecule has 1 amide bonds. The van der Waals surface area contributed by atoms with Crippen molar-refractivity contribution in [3.05, 3.63) is 59.7 Å². The molecule has 6 nitrogen and oxygen atoms in total. The molecule has 3 N–H and O–H groups in total. The SMILES string of the molecule is NC(=O)c1ccccc1S(=O)(=O)CCC(=O)Cc1ccc(O)cc1. The average molecular weight is 347 g/mol. The van der Waals surface area contributed by atoms with Crippen LogP contribution in [0.1, 0.15) is 22.3 Å². The first kappa shape index (κ1) is 17.7. The zero-order chi connectivity index (χ0) is 17.7. The normalized spacial score (nSPS) is 11.2. The molecule has 0 aliphatic heterocycles. The van der Waals surface area contributed by atoms with Gasteiger partial charge in [-0.3, -0.25) is 9.59 Å². The predicted octanol–water partition coefficient (Wildman–Crippen LogP) is 1.47. The molecule has 126 valence electrons. The number of phenols is 1. The number of nitrogens with two attached hydrogens (primary N) is 1. The average Bonchev–Trinajstić information content (AvgIpc) is 2.55. The summed E-state index contributed by atoms with van der Waals surface area (Å²) in [5.74, 6) is -1.38. The Morgan fingerprint density at radius 3 is 2.25 bits per heavy atom. The maximum atomic E-state index is 12.4. The maximum absolute atomic E-state index is 12.4. The van der Waals surface area contributed by atoms with E-state index in [1.54, 1.807) is 12.1 Å². The zero-order valence-electron chi connectivity index (χ0n) is 12.8. The Bertz CT molecular complexity index is 857. The van der Waals surface area contributed by atoms with E-state index < -0.39 is 21.5 Å². The molecule has 0 spiro atoms. The molecule has 0 unspecified atom stereocenters. The highest BCUT2D eigenvalue weighted by Gasteiger charge is 2.22. The molecule has 2 aromatic rings. The van der Waals surface area contributed by atoms with Gasteiger partial charge in [0.15, 0.2) is 9.84 Å². The van der Waals surface area contributed by atoms with Gasteiger partial charge in [0.2, 0.25) is 5.91 Å². The minimum atomic E-state index is -3.79. The van der Waals surface area contributed by atoms with E-state index in [2.05, 4.69) is 0 Å². The first-order chi connectivity index (χ1) is 11.3. The number of carbonyl (C=O) groups is 2. The quantitative estimate of drug-likeness (QED) is 0.787. The van der Waals surface area contributed by atoms with Crippen molar-refractivity contribution in [3.63, 3.8) is 0 Å². The highest BCUT2D eigenvalue weighted by Crippen LogP contribution is 2.18. The fourth-order valence-corrected chi connectivity index (χ4v) is 3.74.